The minimum atomic E-state index is -1.26. The summed E-state index contributed by atoms with van der Waals surface area (Å²) < 4.78 is 0. The first kappa shape index (κ1) is 12.9. The van der Waals surface area contributed by atoms with Gasteiger partial charge in [-0.15, -0.1) is 0 Å². The largest absolute Gasteiger partial charge is 0.480 e. The number of carbonyl (C=O) groups excluding carboxylic acids is 2. The third-order valence-electron chi connectivity index (χ3n) is 3.06. The standard InChI is InChI=1S/C12H13N3O4/c1-12(7-2-4-8(13)5-3-7)10(18)15(6-9(16)17)11(19)14-12/h2-5H,6,13H2,1H3,(H,14,19)(H,16,17)/t12-/m0/s1. The van der Waals surface area contributed by atoms with Crippen LogP contribution in [-0.4, -0.2) is 34.5 Å². The number of benzene rings is 1. The number of hydrogen-bond donors (Lipinski definition) is 3. The molecule has 0 bridgehead atoms. The molecule has 1 aromatic carbocycles. The van der Waals surface area contributed by atoms with E-state index < -0.39 is 30.0 Å². The number of carbonyl (C=O) groups is 3. The third-order valence-corrected chi connectivity index (χ3v) is 3.06. The van der Waals surface area contributed by atoms with Crippen LogP contribution in [0.25, 0.3) is 0 Å². The molecule has 7 heteroatoms. The van der Waals surface area contributed by atoms with Crippen LogP contribution >= 0.6 is 0 Å². The van der Waals surface area contributed by atoms with Crippen molar-refractivity contribution in [3.05, 3.63) is 29.8 Å². The SMILES string of the molecule is C[C@@]1(c2ccc(N)cc2)NC(=O)N(CC(=O)O)C1=O. The van der Waals surface area contributed by atoms with Gasteiger partial charge in [0.05, 0.1) is 0 Å². The van der Waals surface area contributed by atoms with Crippen LogP contribution in [0.3, 0.4) is 0 Å². The Morgan fingerprint density at radius 3 is 2.47 bits per heavy atom. The first-order valence-corrected chi connectivity index (χ1v) is 5.56. The molecule has 0 unspecified atom stereocenters. The van der Waals surface area contributed by atoms with Crippen molar-refractivity contribution in [1.82, 2.24) is 10.2 Å². The molecule has 0 aromatic heterocycles. The van der Waals surface area contributed by atoms with E-state index in [1.54, 1.807) is 24.3 Å². The van der Waals surface area contributed by atoms with Gasteiger partial charge in [0.15, 0.2) is 0 Å². The van der Waals surface area contributed by atoms with Crippen molar-refractivity contribution in [2.45, 2.75) is 12.5 Å². The molecule has 1 atom stereocenters. The van der Waals surface area contributed by atoms with Gasteiger partial charge in [0.2, 0.25) is 0 Å². The van der Waals surface area contributed by atoms with Crippen LogP contribution < -0.4 is 11.1 Å². The number of urea groups is 1. The number of carboxylic acid groups (broad SMARTS) is 1. The molecule has 1 fully saturated rings. The monoisotopic (exact) mass is 263 g/mol. The quantitative estimate of drug-likeness (QED) is 0.529. The molecule has 0 radical (unpaired) electrons. The van der Waals surface area contributed by atoms with Gasteiger partial charge in [-0.1, -0.05) is 12.1 Å². The number of hydrogen-bond acceptors (Lipinski definition) is 4. The maximum Gasteiger partial charge on any atom is 0.325 e. The fourth-order valence-corrected chi connectivity index (χ4v) is 1.99. The van der Waals surface area contributed by atoms with Crippen LogP contribution in [0, 0.1) is 0 Å². The topological polar surface area (TPSA) is 113 Å². The molecule has 1 aromatic rings. The van der Waals surface area contributed by atoms with Crippen LogP contribution in [-0.2, 0) is 15.1 Å². The number of nitrogens with two attached hydrogens (primary N) is 1. The first-order chi connectivity index (χ1) is 8.84. The highest BCUT2D eigenvalue weighted by atomic mass is 16.4. The fourth-order valence-electron chi connectivity index (χ4n) is 1.99. The van der Waals surface area contributed by atoms with E-state index in [0.29, 0.717) is 16.2 Å². The van der Waals surface area contributed by atoms with Crippen molar-refractivity contribution >= 4 is 23.6 Å². The molecule has 7 nitrogen and oxygen atoms in total. The normalized spacial score (nSPS) is 22.5. The molecule has 1 aliphatic heterocycles. The molecular formula is C12H13N3O4. The summed E-state index contributed by atoms with van der Waals surface area (Å²) in [4.78, 5) is 35.2. The Balaban J connectivity index is 2.35. The van der Waals surface area contributed by atoms with Crippen LogP contribution in [0.5, 0.6) is 0 Å². The Hall–Kier alpha value is -2.57. The zero-order valence-electron chi connectivity index (χ0n) is 10.2. The van der Waals surface area contributed by atoms with E-state index in [4.69, 9.17) is 10.8 Å². The van der Waals surface area contributed by atoms with Crippen LogP contribution in [0.15, 0.2) is 24.3 Å². The molecular weight excluding hydrogens is 250 g/mol. The predicted molar refractivity (Wildman–Crippen MR) is 66.1 cm³/mol. The molecule has 0 saturated carbocycles. The van der Waals surface area contributed by atoms with Crippen molar-refractivity contribution < 1.29 is 19.5 Å². The van der Waals surface area contributed by atoms with Gasteiger partial charge in [0.1, 0.15) is 12.1 Å². The predicted octanol–water partition coefficient (Wildman–Crippen LogP) is 0.120. The number of nitrogens with zero attached hydrogens (tertiary/aromatic N) is 1. The number of imide groups is 1. The average Bonchev–Trinajstić information content (AvgIpc) is 2.54. The highest BCUT2D eigenvalue weighted by Crippen LogP contribution is 2.29. The minimum Gasteiger partial charge on any atom is -0.480 e. The first-order valence-electron chi connectivity index (χ1n) is 5.56. The Morgan fingerprint density at radius 1 is 1.37 bits per heavy atom. The molecule has 1 aliphatic rings. The van der Waals surface area contributed by atoms with Gasteiger partial charge in [-0.2, -0.15) is 0 Å². The molecule has 1 heterocycles. The lowest BCUT2D eigenvalue weighted by molar-refractivity contribution is -0.142. The highest BCUT2D eigenvalue weighted by molar-refractivity contribution is 6.08. The van der Waals surface area contributed by atoms with Crippen molar-refractivity contribution in [2.24, 2.45) is 0 Å². The molecule has 0 aliphatic carbocycles. The zero-order chi connectivity index (χ0) is 14.2. The smallest absolute Gasteiger partial charge is 0.325 e. The molecule has 2 rings (SSSR count). The summed E-state index contributed by atoms with van der Waals surface area (Å²) in [6, 6.07) is 5.75. The van der Waals surface area contributed by atoms with Crippen molar-refractivity contribution in [1.29, 1.82) is 0 Å². The van der Waals surface area contributed by atoms with E-state index >= 15 is 0 Å². The number of anilines is 1. The lowest BCUT2D eigenvalue weighted by Gasteiger charge is -2.22. The second kappa shape index (κ2) is 4.27. The van der Waals surface area contributed by atoms with E-state index in [0.717, 1.165) is 0 Å². The molecule has 1 saturated heterocycles. The van der Waals surface area contributed by atoms with Crippen molar-refractivity contribution in [2.75, 3.05) is 12.3 Å². The van der Waals surface area contributed by atoms with Gasteiger partial charge in [-0.05, 0) is 24.6 Å². The average molecular weight is 263 g/mol. The zero-order valence-corrected chi connectivity index (χ0v) is 10.2. The van der Waals surface area contributed by atoms with Gasteiger partial charge in [0.25, 0.3) is 5.91 Å². The minimum absolute atomic E-state index is 0.534. The Kier molecular flexibility index (Phi) is 2.89. The number of carboxylic acids is 1. The van der Waals surface area contributed by atoms with Crippen LogP contribution in [0.1, 0.15) is 12.5 Å². The number of nitrogens with one attached hydrogen (secondary N) is 1. The van der Waals surface area contributed by atoms with Crippen molar-refractivity contribution in [3.8, 4) is 0 Å². The Morgan fingerprint density at radius 2 is 1.95 bits per heavy atom. The number of aliphatic carboxylic acids is 1. The van der Waals surface area contributed by atoms with Gasteiger partial charge in [-0.3, -0.25) is 14.5 Å². The van der Waals surface area contributed by atoms with Crippen LogP contribution in [0.4, 0.5) is 10.5 Å². The second-order valence-electron chi connectivity index (χ2n) is 4.46. The molecule has 0 spiro atoms. The van der Waals surface area contributed by atoms with Gasteiger partial charge < -0.3 is 16.2 Å². The number of nitrogen functional groups attached to an aromatic ring is 1. The van der Waals surface area contributed by atoms with E-state index in [9.17, 15) is 14.4 Å². The summed E-state index contributed by atoms with van der Waals surface area (Å²) in [7, 11) is 0. The molecule has 100 valence electrons. The fraction of sp³-hybridized carbons (Fsp3) is 0.250. The third kappa shape index (κ3) is 2.10. The van der Waals surface area contributed by atoms with Crippen LogP contribution in [0.2, 0.25) is 0 Å². The summed E-state index contributed by atoms with van der Waals surface area (Å²) >= 11 is 0. The molecule has 4 N–H and O–H groups in total. The van der Waals surface area contributed by atoms with Crippen molar-refractivity contribution in [3.63, 3.8) is 0 Å². The molecule has 3 amide bonds. The lowest BCUT2D eigenvalue weighted by atomic mass is 9.92. The number of rotatable bonds is 3. The lowest BCUT2D eigenvalue weighted by Crippen LogP contribution is -2.41. The Bertz CT molecular complexity index is 555. The number of amides is 3. The van der Waals surface area contributed by atoms with Gasteiger partial charge in [0, 0.05) is 5.69 Å². The molecule has 19 heavy (non-hydrogen) atoms. The van der Waals surface area contributed by atoms with E-state index in [2.05, 4.69) is 5.32 Å². The summed E-state index contributed by atoms with van der Waals surface area (Å²) in [6.07, 6.45) is 0. The summed E-state index contributed by atoms with van der Waals surface area (Å²) in [5.74, 6) is -1.84. The highest BCUT2D eigenvalue weighted by Gasteiger charge is 2.49. The second-order valence-corrected chi connectivity index (χ2v) is 4.46. The summed E-state index contributed by atoms with van der Waals surface area (Å²) in [5.41, 5.74) is 5.38. The van der Waals surface area contributed by atoms with Gasteiger partial charge in [-0.25, -0.2) is 4.79 Å². The summed E-state index contributed by atoms with van der Waals surface area (Å²) in [5, 5.41) is 11.2. The van der Waals surface area contributed by atoms with Gasteiger partial charge >= 0.3 is 12.0 Å². The Labute approximate surface area is 109 Å². The summed E-state index contributed by atoms with van der Waals surface area (Å²) in [6.45, 7) is 0.871. The maximum atomic E-state index is 12.2. The van der Waals surface area contributed by atoms with E-state index in [-0.39, 0.29) is 0 Å². The van der Waals surface area contributed by atoms with E-state index in [1.165, 1.54) is 6.92 Å². The maximum absolute atomic E-state index is 12.2. The van der Waals surface area contributed by atoms with E-state index in [1.807, 2.05) is 0 Å².